The second kappa shape index (κ2) is 8.12. The van der Waals surface area contributed by atoms with E-state index in [0.717, 1.165) is 11.3 Å². The van der Waals surface area contributed by atoms with Crippen LogP contribution in [0.25, 0.3) is 5.69 Å². The van der Waals surface area contributed by atoms with E-state index in [2.05, 4.69) is 15.7 Å². The number of aliphatic hydroxyl groups excluding tert-OH is 1. The van der Waals surface area contributed by atoms with Crippen LogP contribution in [0, 0.1) is 0 Å². The molecule has 1 heterocycles. The molecule has 2 aromatic carbocycles. The fraction of sp³-hybridized carbons (Fsp3) is 0.158. The number of carbonyl (C=O) groups is 1. The highest BCUT2D eigenvalue weighted by Crippen LogP contribution is 2.17. The first-order valence-electron chi connectivity index (χ1n) is 8.09. The molecule has 0 bridgehead atoms. The Kier molecular flexibility index (Phi) is 5.43. The molecule has 3 N–H and O–H groups in total. The summed E-state index contributed by atoms with van der Waals surface area (Å²) in [5, 5.41) is 19.2. The van der Waals surface area contributed by atoms with Crippen molar-refractivity contribution in [2.24, 2.45) is 0 Å². The molecule has 0 saturated heterocycles. The van der Waals surface area contributed by atoms with Gasteiger partial charge >= 0.3 is 6.03 Å². The van der Waals surface area contributed by atoms with Crippen molar-refractivity contribution in [3.63, 3.8) is 0 Å². The number of nitrogens with zero attached hydrogens (tertiary/aromatic N) is 2. The van der Waals surface area contributed by atoms with E-state index in [0.29, 0.717) is 12.1 Å². The van der Waals surface area contributed by atoms with E-state index in [9.17, 15) is 9.90 Å². The molecule has 6 nitrogen and oxygen atoms in total. The van der Waals surface area contributed by atoms with Crippen LogP contribution < -0.4 is 10.6 Å². The Morgan fingerprint density at radius 2 is 1.96 bits per heavy atom. The number of benzene rings is 2. The fourth-order valence-electron chi connectivity index (χ4n) is 2.61. The van der Waals surface area contributed by atoms with Crippen LogP contribution in [0.3, 0.4) is 0 Å². The van der Waals surface area contributed by atoms with Crippen LogP contribution in [-0.2, 0) is 0 Å². The first-order valence-corrected chi connectivity index (χ1v) is 8.09. The Labute approximate surface area is 146 Å². The summed E-state index contributed by atoms with van der Waals surface area (Å²) in [5.74, 6) is 0. The largest absolute Gasteiger partial charge is 0.396 e. The van der Waals surface area contributed by atoms with E-state index in [-0.39, 0.29) is 18.7 Å². The van der Waals surface area contributed by atoms with Crippen molar-refractivity contribution < 1.29 is 9.90 Å². The van der Waals surface area contributed by atoms with Crippen molar-refractivity contribution in [2.75, 3.05) is 11.9 Å². The molecule has 3 aromatic rings. The van der Waals surface area contributed by atoms with E-state index in [1.165, 1.54) is 0 Å². The third kappa shape index (κ3) is 4.45. The highest BCUT2D eigenvalue weighted by molar-refractivity contribution is 5.89. The summed E-state index contributed by atoms with van der Waals surface area (Å²) in [6.07, 6.45) is 3.99. The Morgan fingerprint density at radius 3 is 2.68 bits per heavy atom. The zero-order chi connectivity index (χ0) is 17.5. The number of aromatic nitrogens is 2. The number of anilines is 1. The van der Waals surface area contributed by atoms with Crippen LogP contribution in [0.2, 0.25) is 0 Å². The summed E-state index contributed by atoms with van der Waals surface area (Å²) >= 11 is 0. The van der Waals surface area contributed by atoms with Crippen LogP contribution >= 0.6 is 0 Å². The lowest BCUT2D eigenvalue weighted by Gasteiger charge is -2.19. The summed E-state index contributed by atoms with van der Waals surface area (Å²) in [7, 11) is 0. The summed E-state index contributed by atoms with van der Waals surface area (Å²) in [5.41, 5.74) is 2.48. The van der Waals surface area contributed by atoms with Gasteiger partial charge in [0.05, 0.1) is 11.7 Å². The number of amides is 2. The molecule has 0 fully saturated rings. The van der Waals surface area contributed by atoms with Crippen LogP contribution in [0.15, 0.2) is 73.1 Å². The van der Waals surface area contributed by atoms with Gasteiger partial charge in [0.15, 0.2) is 0 Å². The number of hydrogen-bond donors (Lipinski definition) is 3. The third-order valence-electron chi connectivity index (χ3n) is 3.80. The monoisotopic (exact) mass is 336 g/mol. The molecule has 3 rings (SSSR count). The summed E-state index contributed by atoms with van der Waals surface area (Å²) in [6.45, 7) is -0.00533. The predicted molar refractivity (Wildman–Crippen MR) is 96.6 cm³/mol. The second-order valence-electron chi connectivity index (χ2n) is 5.57. The maximum Gasteiger partial charge on any atom is 0.319 e. The summed E-state index contributed by atoms with van der Waals surface area (Å²) in [4.78, 5) is 12.3. The number of hydrogen-bond acceptors (Lipinski definition) is 3. The smallest absolute Gasteiger partial charge is 0.319 e. The van der Waals surface area contributed by atoms with Gasteiger partial charge in [-0.3, -0.25) is 0 Å². The van der Waals surface area contributed by atoms with E-state index >= 15 is 0 Å². The lowest BCUT2D eigenvalue weighted by Crippen LogP contribution is -2.33. The molecule has 6 heteroatoms. The molecule has 0 aliphatic rings. The van der Waals surface area contributed by atoms with Gasteiger partial charge in [0.25, 0.3) is 0 Å². The van der Waals surface area contributed by atoms with Crippen molar-refractivity contribution >= 4 is 11.7 Å². The SMILES string of the molecule is O=C(Nc1cccc(-n2cccn2)c1)N[C@H](CCO)c1ccccc1. The maximum absolute atomic E-state index is 12.3. The number of nitrogens with one attached hydrogen (secondary N) is 2. The lowest BCUT2D eigenvalue weighted by atomic mass is 10.0. The lowest BCUT2D eigenvalue weighted by molar-refractivity contribution is 0.239. The van der Waals surface area contributed by atoms with Gasteiger partial charge in [-0.05, 0) is 36.2 Å². The van der Waals surface area contributed by atoms with Gasteiger partial charge in [-0.1, -0.05) is 36.4 Å². The van der Waals surface area contributed by atoms with E-state index in [4.69, 9.17) is 0 Å². The van der Waals surface area contributed by atoms with Gasteiger partial charge in [0.2, 0.25) is 0 Å². The van der Waals surface area contributed by atoms with Crippen LogP contribution in [0.5, 0.6) is 0 Å². The van der Waals surface area contributed by atoms with Gasteiger partial charge < -0.3 is 15.7 Å². The first-order chi connectivity index (χ1) is 12.3. The zero-order valence-electron chi connectivity index (χ0n) is 13.7. The molecule has 25 heavy (non-hydrogen) atoms. The quantitative estimate of drug-likeness (QED) is 0.647. The highest BCUT2D eigenvalue weighted by Gasteiger charge is 2.14. The van der Waals surface area contributed by atoms with E-state index < -0.39 is 0 Å². The fourth-order valence-corrected chi connectivity index (χ4v) is 2.61. The van der Waals surface area contributed by atoms with Crippen molar-refractivity contribution in [3.05, 3.63) is 78.6 Å². The number of rotatable bonds is 6. The van der Waals surface area contributed by atoms with Crippen molar-refractivity contribution in [1.82, 2.24) is 15.1 Å². The van der Waals surface area contributed by atoms with Gasteiger partial charge in [0.1, 0.15) is 0 Å². The molecule has 2 amide bonds. The van der Waals surface area contributed by atoms with Gasteiger partial charge in [-0.2, -0.15) is 5.10 Å². The Morgan fingerprint density at radius 1 is 1.12 bits per heavy atom. The molecule has 0 aliphatic heterocycles. The molecule has 128 valence electrons. The molecular formula is C19H20N4O2. The molecular weight excluding hydrogens is 316 g/mol. The minimum atomic E-state index is -0.320. The Balaban J connectivity index is 1.68. The molecule has 1 atom stereocenters. The van der Waals surface area contributed by atoms with Gasteiger partial charge in [0, 0.05) is 24.7 Å². The highest BCUT2D eigenvalue weighted by atomic mass is 16.3. The normalized spacial score (nSPS) is 11.7. The average molecular weight is 336 g/mol. The number of urea groups is 1. The average Bonchev–Trinajstić information content (AvgIpc) is 3.17. The third-order valence-corrected chi connectivity index (χ3v) is 3.80. The molecule has 0 aliphatic carbocycles. The number of aliphatic hydroxyl groups is 1. The van der Waals surface area contributed by atoms with Gasteiger partial charge in [-0.25, -0.2) is 9.48 Å². The first kappa shape index (κ1) is 16.7. The molecule has 0 radical (unpaired) electrons. The molecule has 0 unspecified atom stereocenters. The topological polar surface area (TPSA) is 79.2 Å². The van der Waals surface area contributed by atoms with E-state index in [1.54, 1.807) is 10.9 Å². The van der Waals surface area contributed by atoms with Crippen molar-refractivity contribution in [2.45, 2.75) is 12.5 Å². The molecule has 0 spiro atoms. The van der Waals surface area contributed by atoms with Crippen LogP contribution in [0.1, 0.15) is 18.0 Å². The minimum absolute atomic E-state index is 0.00533. The summed E-state index contributed by atoms with van der Waals surface area (Å²) in [6, 6.07) is 18.3. The van der Waals surface area contributed by atoms with E-state index in [1.807, 2.05) is 66.9 Å². The van der Waals surface area contributed by atoms with Crippen molar-refractivity contribution in [1.29, 1.82) is 0 Å². The molecule has 1 aromatic heterocycles. The molecule has 0 saturated carbocycles. The predicted octanol–water partition coefficient (Wildman–Crippen LogP) is 3.12. The minimum Gasteiger partial charge on any atom is -0.396 e. The van der Waals surface area contributed by atoms with Crippen LogP contribution in [-0.4, -0.2) is 27.5 Å². The van der Waals surface area contributed by atoms with Crippen LogP contribution in [0.4, 0.5) is 10.5 Å². The van der Waals surface area contributed by atoms with Gasteiger partial charge in [-0.15, -0.1) is 0 Å². The Bertz CT molecular complexity index is 803. The number of carbonyl (C=O) groups excluding carboxylic acids is 1. The second-order valence-corrected chi connectivity index (χ2v) is 5.57. The Hall–Kier alpha value is -3.12. The van der Waals surface area contributed by atoms with Crippen molar-refractivity contribution in [3.8, 4) is 5.69 Å². The standard InChI is InChI=1S/C19H20N4O2/c24-13-10-18(15-6-2-1-3-7-15)22-19(25)21-16-8-4-9-17(14-16)23-12-5-11-20-23/h1-9,11-12,14,18,24H,10,13H2,(H2,21,22,25)/t18-/m1/s1. The zero-order valence-corrected chi connectivity index (χ0v) is 13.7. The maximum atomic E-state index is 12.3. The summed E-state index contributed by atoms with van der Waals surface area (Å²) < 4.78 is 1.72.